The number of hydrogen-bond acceptors (Lipinski definition) is 2. The van der Waals surface area contributed by atoms with Crippen LogP contribution in [-0.4, -0.2) is 21.9 Å². The molecule has 126 valence electrons. The van der Waals surface area contributed by atoms with E-state index in [1.807, 2.05) is 6.92 Å². The summed E-state index contributed by atoms with van der Waals surface area (Å²) in [7, 11) is 0. The van der Waals surface area contributed by atoms with Gasteiger partial charge in [0, 0.05) is 5.92 Å². The molecule has 2 aliphatic rings. The highest BCUT2D eigenvalue weighted by Crippen LogP contribution is 2.48. The molecule has 0 spiro atoms. The predicted octanol–water partition coefficient (Wildman–Crippen LogP) is 4.47. The molecule has 0 radical (unpaired) electrons. The Kier molecular flexibility index (Phi) is 5.55. The van der Waals surface area contributed by atoms with Gasteiger partial charge in [-0.2, -0.15) is 0 Å². The zero-order chi connectivity index (χ0) is 16.5. The maximum Gasteiger partial charge on any atom is 0.0772 e. The molecule has 0 aromatic carbocycles. The van der Waals surface area contributed by atoms with E-state index in [0.717, 1.165) is 24.8 Å². The lowest BCUT2D eigenvalue weighted by Crippen LogP contribution is -2.51. The average Bonchev–Trinajstić information content (AvgIpc) is 2.46. The lowest BCUT2D eigenvalue weighted by molar-refractivity contribution is -0.100. The number of allylic oxidation sites excluding steroid dienone is 1. The van der Waals surface area contributed by atoms with Crippen molar-refractivity contribution in [1.82, 2.24) is 0 Å². The van der Waals surface area contributed by atoms with Crippen molar-refractivity contribution in [3.8, 4) is 0 Å². The van der Waals surface area contributed by atoms with Crippen LogP contribution in [0.3, 0.4) is 0 Å². The Hall–Kier alpha value is -0.600. The Morgan fingerprint density at radius 3 is 2.50 bits per heavy atom. The van der Waals surface area contributed by atoms with Gasteiger partial charge in [0.05, 0.1) is 11.7 Å². The molecule has 0 aliphatic heterocycles. The van der Waals surface area contributed by atoms with Crippen molar-refractivity contribution >= 4 is 0 Å². The van der Waals surface area contributed by atoms with E-state index in [1.54, 1.807) is 0 Å². The highest BCUT2D eigenvalue weighted by molar-refractivity contribution is 5.17. The molecule has 0 saturated heterocycles. The number of aliphatic hydroxyl groups excluding tert-OH is 1. The van der Waals surface area contributed by atoms with Gasteiger partial charge in [0.1, 0.15) is 0 Å². The topological polar surface area (TPSA) is 40.5 Å². The summed E-state index contributed by atoms with van der Waals surface area (Å²) in [5.41, 5.74) is 1.66. The van der Waals surface area contributed by atoms with Crippen molar-refractivity contribution in [2.45, 2.75) is 78.4 Å². The van der Waals surface area contributed by atoms with Gasteiger partial charge in [-0.1, -0.05) is 38.5 Å². The molecule has 0 unspecified atom stereocenters. The van der Waals surface area contributed by atoms with Crippen molar-refractivity contribution < 1.29 is 10.2 Å². The second-order valence-corrected chi connectivity index (χ2v) is 8.12. The largest absolute Gasteiger partial charge is 0.389 e. The monoisotopic (exact) mass is 306 g/mol. The van der Waals surface area contributed by atoms with Crippen LogP contribution in [0.4, 0.5) is 0 Å². The maximum atomic E-state index is 11.6. The van der Waals surface area contributed by atoms with Gasteiger partial charge in [0.15, 0.2) is 0 Å². The third kappa shape index (κ3) is 3.49. The van der Waals surface area contributed by atoms with Crippen molar-refractivity contribution in [2.75, 3.05) is 0 Å². The van der Waals surface area contributed by atoms with Gasteiger partial charge < -0.3 is 10.2 Å². The second-order valence-electron chi connectivity index (χ2n) is 8.12. The zero-order valence-electron chi connectivity index (χ0n) is 15.0. The summed E-state index contributed by atoms with van der Waals surface area (Å²) >= 11 is 0. The van der Waals surface area contributed by atoms with E-state index in [9.17, 15) is 10.2 Å². The normalized spacial score (nSPS) is 45.5. The van der Waals surface area contributed by atoms with Crippen LogP contribution >= 0.6 is 0 Å². The van der Waals surface area contributed by atoms with E-state index in [0.29, 0.717) is 24.2 Å². The average molecular weight is 306 g/mol. The van der Waals surface area contributed by atoms with Crippen LogP contribution in [0.5, 0.6) is 0 Å². The maximum absolute atomic E-state index is 11.6. The number of rotatable bonds is 1. The lowest BCUT2D eigenvalue weighted by atomic mass is 9.59. The van der Waals surface area contributed by atoms with Crippen LogP contribution in [0, 0.1) is 23.7 Å². The van der Waals surface area contributed by atoms with Crippen LogP contribution in [-0.2, 0) is 0 Å². The molecule has 22 heavy (non-hydrogen) atoms. The molecule has 5 atom stereocenters. The Labute approximate surface area is 136 Å². The molecule has 2 nitrogen and oxygen atoms in total. The Morgan fingerprint density at radius 2 is 1.86 bits per heavy atom. The molecule has 2 heteroatoms. The molecule has 1 fully saturated rings. The lowest BCUT2D eigenvalue weighted by Gasteiger charge is -2.49. The minimum Gasteiger partial charge on any atom is -0.389 e. The summed E-state index contributed by atoms with van der Waals surface area (Å²) < 4.78 is 0. The van der Waals surface area contributed by atoms with Gasteiger partial charge >= 0.3 is 0 Å². The van der Waals surface area contributed by atoms with Crippen molar-refractivity contribution in [1.29, 1.82) is 0 Å². The van der Waals surface area contributed by atoms with Gasteiger partial charge in [0.25, 0.3) is 0 Å². The smallest absolute Gasteiger partial charge is 0.0772 e. The van der Waals surface area contributed by atoms with E-state index in [4.69, 9.17) is 0 Å². The minimum atomic E-state index is -0.674. The highest BCUT2D eigenvalue weighted by Gasteiger charge is 2.47. The van der Waals surface area contributed by atoms with Crippen LogP contribution in [0.15, 0.2) is 23.3 Å². The molecular weight excluding hydrogens is 272 g/mol. The summed E-state index contributed by atoms with van der Waals surface area (Å²) in [5.74, 6) is 1.67. The van der Waals surface area contributed by atoms with E-state index in [1.165, 1.54) is 12.0 Å². The number of hydrogen-bond donors (Lipinski definition) is 2. The van der Waals surface area contributed by atoms with Gasteiger partial charge in [-0.25, -0.2) is 0 Å². The third-order valence-corrected chi connectivity index (χ3v) is 6.23. The molecule has 1 saturated carbocycles. The molecule has 2 aliphatic carbocycles. The first kappa shape index (κ1) is 17.7. The van der Waals surface area contributed by atoms with E-state index < -0.39 is 5.60 Å². The predicted molar refractivity (Wildman–Crippen MR) is 92.5 cm³/mol. The summed E-state index contributed by atoms with van der Waals surface area (Å²) in [6, 6.07) is 0. The molecule has 0 amide bonds. The van der Waals surface area contributed by atoms with Crippen LogP contribution in [0.2, 0.25) is 0 Å². The van der Waals surface area contributed by atoms with Gasteiger partial charge in [-0.05, 0) is 69.3 Å². The molecular formula is C20H34O2. The highest BCUT2D eigenvalue weighted by atomic mass is 16.3. The van der Waals surface area contributed by atoms with E-state index in [2.05, 4.69) is 39.8 Å². The van der Waals surface area contributed by atoms with Crippen LogP contribution in [0.25, 0.3) is 0 Å². The summed E-state index contributed by atoms with van der Waals surface area (Å²) in [5, 5.41) is 21.8. The van der Waals surface area contributed by atoms with E-state index in [-0.39, 0.29) is 12.0 Å². The fourth-order valence-corrected chi connectivity index (χ4v) is 4.37. The summed E-state index contributed by atoms with van der Waals surface area (Å²) in [6.07, 6.45) is 8.72. The first-order valence-corrected chi connectivity index (χ1v) is 9.00. The fourth-order valence-electron chi connectivity index (χ4n) is 4.37. The summed E-state index contributed by atoms with van der Waals surface area (Å²) in [4.78, 5) is 0. The number of aliphatic hydroxyl groups is 2. The Balaban J connectivity index is 2.43. The SMILES string of the molecule is C/C1=C/[C@@H]2[C@@H](C(C)C)CC[C@H](C)[C@@]2(O)C/C=C(/C)[C@H](O)CC1. The fraction of sp³-hybridized carbons (Fsp3) is 0.800. The molecule has 0 aromatic rings. The number of fused-ring (bicyclic) bond motifs is 1. The summed E-state index contributed by atoms with van der Waals surface area (Å²) in [6.45, 7) is 10.9. The standard InChI is InChI=1S/C20H34O2/c1-13(2)17-8-7-16(5)20(22)11-10-15(4)19(21)9-6-14(3)12-18(17)20/h10,12-13,16-19,21-22H,6-9,11H2,1-5H3/b14-12-,15-10-/t16-,17+,18+,19+,20-/m0/s1. The zero-order valence-corrected chi connectivity index (χ0v) is 15.0. The Morgan fingerprint density at radius 1 is 1.18 bits per heavy atom. The third-order valence-electron chi connectivity index (χ3n) is 6.23. The van der Waals surface area contributed by atoms with Crippen molar-refractivity contribution in [3.05, 3.63) is 23.3 Å². The molecule has 0 aromatic heterocycles. The molecule has 0 bridgehead atoms. The van der Waals surface area contributed by atoms with Gasteiger partial charge in [-0.15, -0.1) is 0 Å². The quantitative estimate of drug-likeness (QED) is 0.702. The Bertz CT molecular complexity index is 449. The van der Waals surface area contributed by atoms with Crippen molar-refractivity contribution in [2.24, 2.45) is 23.7 Å². The first-order valence-electron chi connectivity index (χ1n) is 9.00. The minimum absolute atomic E-state index is 0.232. The first-order chi connectivity index (χ1) is 10.3. The van der Waals surface area contributed by atoms with Crippen molar-refractivity contribution in [3.63, 3.8) is 0 Å². The van der Waals surface area contributed by atoms with E-state index >= 15 is 0 Å². The van der Waals surface area contributed by atoms with Gasteiger partial charge in [-0.3, -0.25) is 0 Å². The molecule has 2 N–H and O–H groups in total. The van der Waals surface area contributed by atoms with Crippen LogP contribution < -0.4 is 0 Å². The molecule has 0 heterocycles. The molecule has 2 rings (SSSR count). The van der Waals surface area contributed by atoms with Gasteiger partial charge in [0.2, 0.25) is 0 Å². The van der Waals surface area contributed by atoms with Crippen LogP contribution in [0.1, 0.15) is 66.7 Å². The second kappa shape index (κ2) is 6.88.